The van der Waals surface area contributed by atoms with Crippen molar-refractivity contribution in [2.45, 2.75) is 52.1 Å². The van der Waals surface area contributed by atoms with E-state index < -0.39 is 12.1 Å². The Labute approximate surface area is 160 Å². The smallest absolute Gasteiger partial charge is 0.339 e. The van der Waals surface area contributed by atoms with Gasteiger partial charge in [-0.3, -0.25) is 4.79 Å². The number of ether oxygens (including phenoxy) is 3. The summed E-state index contributed by atoms with van der Waals surface area (Å²) in [7, 11) is 1.53. The largest absolute Gasteiger partial charge is 0.493 e. The first-order valence-electron chi connectivity index (χ1n) is 9.52. The van der Waals surface area contributed by atoms with Crippen molar-refractivity contribution in [1.82, 2.24) is 5.32 Å². The van der Waals surface area contributed by atoms with Gasteiger partial charge in [-0.05, 0) is 64.2 Å². The molecule has 0 aliphatic heterocycles. The van der Waals surface area contributed by atoms with Gasteiger partial charge in [0.2, 0.25) is 0 Å². The molecule has 0 saturated carbocycles. The van der Waals surface area contributed by atoms with Gasteiger partial charge in [0, 0.05) is 6.54 Å². The molecular formula is C21H29NO5. The Kier molecular flexibility index (Phi) is 8.17. The second kappa shape index (κ2) is 10.6. The Morgan fingerprint density at radius 2 is 2.04 bits per heavy atom. The molecule has 0 aromatic heterocycles. The molecular weight excluding hydrogens is 346 g/mol. The quantitative estimate of drug-likeness (QED) is 0.527. The maximum Gasteiger partial charge on any atom is 0.339 e. The third-order valence-electron chi connectivity index (χ3n) is 4.48. The Bertz CT molecular complexity index is 683. The molecule has 2 rings (SSSR count). The average Bonchev–Trinajstić information content (AvgIpc) is 2.68. The summed E-state index contributed by atoms with van der Waals surface area (Å²) in [6.07, 6.45) is 6.96. The minimum Gasteiger partial charge on any atom is -0.493 e. The zero-order chi connectivity index (χ0) is 19.6. The van der Waals surface area contributed by atoms with Crippen LogP contribution in [0.2, 0.25) is 0 Å². The monoisotopic (exact) mass is 375 g/mol. The fourth-order valence-electron chi connectivity index (χ4n) is 2.98. The topological polar surface area (TPSA) is 73.9 Å². The molecule has 6 heteroatoms. The van der Waals surface area contributed by atoms with Crippen molar-refractivity contribution in [2.75, 3.05) is 20.3 Å². The predicted molar refractivity (Wildman–Crippen MR) is 103 cm³/mol. The summed E-state index contributed by atoms with van der Waals surface area (Å²) in [5.41, 5.74) is 1.71. The number of nitrogens with one attached hydrogen (secondary N) is 1. The van der Waals surface area contributed by atoms with Crippen molar-refractivity contribution in [3.63, 3.8) is 0 Å². The van der Waals surface area contributed by atoms with Gasteiger partial charge in [0.15, 0.2) is 17.6 Å². The highest BCUT2D eigenvalue weighted by molar-refractivity contribution is 5.92. The van der Waals surface area contributed by atoms with Gasteiger partial charge in [-0.15, -0.1) is 0 Å². The molecule has 1 aromatic rings. The number of carbonyl (C=O) groups excluding carboxylic acids is 2. The molecule has 1 N–H and O–H groups in total. The first-order valence-corrected chi connectivity index (χ1v) is 9.52. The third kappa shape index (κ3) is 6.31. The van der Waals surface area contributed by atoms with Crippen LogP contribution in [0.15, 0.2) is 29.8 Å². The molecule has 0 fully saturated rings. The zero-order valence-corrected chi connectivity index (χ0v) is 16.4. The zero-order valence-electron chi connectivity index (χ0n) is 16.4. The molecule has 0 saturated heterocycles. The van der Waals surface area contributed by atoms with E-state index in [1.54, 1.807) is 25.1 Å². The second-order valence-electron chi connectivity index (χ2n) is 6.50. The normalized spacial score (nSPS) is 14.7. The van der Waals surface area contributed by atoms with Crippen LogP contribution >= 0.6 is 0 Å². The number of carbonyl (C=O) groups is 2. The minimum atomic E-state index is -0.865. The number of rotatable bonds is 9. The highest BCUT2D eigenvalue weighted by atomic mass is 16.5. The molecule has 1 aromatic carbocycles. The van der Waals surface area contributed by atoms with Crippen LogP contribution in [0.3, 0.4) is 0 Å². The van der Waals surface area contributed by atoms with E-state index >= 15 is 0 Å². The van der Waals surface area contributed by atoms with Gasteiger partial charge in [0.1, 0.15) is 0 Å². The average molecular weight is 375 g/mol. The van der Waals surface area contributed by atoms with Crippen molar-refractivity contribution >= 4 is 11.9 Å². The number of hydrogen-bond donors (Lipinski definition) is 1. The standard InChI is InChI=1S/C21H29NO5/c1-4-26-19-14-17(10-11-18(19)25-3)21(24)27-15(2)20(23)22-13-12-16-8-6-5-7-9-16/h8,10-11,14-15H,4-7,9,12-13H2,1-3H3,(H,22,23)/t15-/m0/s1. The van der Waals surface area contributed by atoms with Crippen LogP contribution in [0.4, 0.5) is 0 Å². The van der Waals surface area contributed by atoms with Gasteiger partial charge in [-0.2, -0.15) is 0 Å². The van der Waals surface area contributed by atoms with Crippen molar-refractivity contribution < 1.29 is 23.8 Å². The molecule has 0 unspecified atom stereocenters. The van der Waals surface area contributed by atoms with Crippen LogP contribution < -0.4 is 14.8 Å². The van der Waals surface area contributed by atoms with Crippen molar-refractivity contribution in [1.29, 1.82) is 0 Å². The molecule has 148 valence electrons. The van der Waals surface area contributed by atoms with Gasteiger partial charge >= 0.3 is 5.97 Å². The highest BCUT2D eigenvalue weighted by Crippen LogP contribution is 2.28. The Hall–Kier alpha value is -2.50. The molecule has 0 spiro atoms. The molecule has 27 heavy (non-hydrogen) atoms. The molecule has 1 amide bonds. The minimum absolute atomic E-state index is 0.293. The fourth-order valence-corrected chi connectivity index (χ4v) is 2.98. The van der Waals surface area contributed by atoms with Crippen LogP contribution in [0.1, 0.15) is 56.3 Å². The van der Waals surface area contributed by atoms with Crippen LogP contribution in [0.25, 0.3) is 0 Å². The van der Waals surface area contributed by atoms with Crippen molar-refractivity contribution in [2.24, 2.45) is 0 Å². The van der Waals surface area contributed by atoms with Crippen molar-refractivity contribution in [3.8, 4) is 11.5 Å². The predicted octanol–water partition coefficient (Wildman–Crippen LogP) is 3.65. The number of benzene rings is 1. The Morgan fingerprint density at radius 3 is 2.70 bits per heavy atom. The van der Waals surface area contributed by atoms with Gasteiger partial charge in [0.05, 0.1) is 19.3 Å². The Balaban J connectivity index is 1.85. The molecule has 1 atom stereocenters. The molecule has 0 bridgehead atoms. The van der Waals surface area contributed by atoms with E-state index in [0.29, 0.717) is 30.2 Å². The lowest BCUT2D eigenvalue weighted by Crippen LogP contribution is -2.36. The number of esters is 1. The van der Waals surface area contributed by atoms with Gasteiger partial charge in [0.25, 0.3) is 5.91 Å². The number of allylic oxidation sites excluding steroid dienone is 1. The summed E-state index contributed by atoms with van der Waals surface area (Å²) in [4.78, 5) is 24.5. The third-order valence-corrected chi connectivity index (χ3v) is 4.48. The van der Waals surface area contributed by atoms with Crippen molar-refractivity contribution in [3.05, 3.63) is 35.4 Å². The van der Waals surface area contributed by atoms with E-state index in [0.717, 1.165) is 19.3 Å². The molecule has 0 heterocycles. The summed E-state index contributed by atoms with van der Waals surface area (Å²) in [5, 5.41) is 2.83. The van der Waals surface area contributed by atoms with E-state index in [9.17, 15) is 9.59 Å². The van der Waals surface area contributed by atoms with Crippen LogP contribution in [-0.4, -0.2) is 38.2 Å². The summed E-state index contributed by atoms with van der Waals surface area (Å²) in [5.74, 6) is 0.137. The molecule has 1 aliphatic rings. The van der Waals surface area contributed by atoms with Gasteiger partial charge in [-0.1, -0.05) is 11.6 Å². The second-order valence-corrected chi connectivity index (χ2v) is 6.50. The number of methoxy groups -OCH3 is 1. The number of hydrogen-bond acceptors (Lipinski definition) is 5. The summed E-state index contributed by atoms with van der Waals surface area (Å²) >= 11 is 0. The lowest BCUT2D eigenvalue weighted by atomic mass is 9.97. The summed E-state index contributed by atoms with van der Waals surface area (Å²) < 4.78 is 16.0. The van der Waals surface area contributed by atoms with E-state index in [4.69, 9.17) is 14.2 Å². The SMILES string of the molecule is CCOc1cc(C(=O)O[C@@H](C)C(=O)NCCC2=CCCCC2)ccc1OC. The van der Waals surface area contributed by atoms with Gasteiger partial charge < -0.3 is 19.5 Å². The first kappa shape index (κ1) is 20.8. The number of amides is 1. The lowest BCUT2D eigenvalue weighted by Gasteiger charge is -2.16. The highest BCUT2D eigenvalue weighted by Gasteiger charge is 2.20. The summed E-state index contributed by atoms with van der Waals surface area (Å²) in [6, 6.07) is 4.79. The van der Waals surface area contributed by atoms with Gasteiger partial charge in [-0.25, -0.2) is 4.79 Å². The Morgan fingerprint density at radius 1 is 1.22 bits per heavy atom. The van der Waals surface area contributed by atoms with E-state index in [1.807, 2.05) is 6.92 Å². The molecule has 0 radical (unpaired) electrons. The lowest BCUT2D eigenvalue weighted by molar-refractivity contribution is -0.129. The maximum atomic E-state index is 12.3. The summed E-state index contributed by atoms with van der Waals surface area (Å²) in [6.45, 7) is 4.42. The first-order chi connectivity index (χ1) is 13.0. The fraction of sp³-hybridized carbons (Fsp3) is 0.524. The van der Waals surface area contributed by atoms with Crippen LogP contribution in [0.5, 0.6) is 11.5 Å². The molecule has 1 aliphatic carbocycles. The van der Waals surface area contributed by atoms with Crippen LogP contribution in [-0.2, 0) is 9.53 Å². The van der Waals surface area contributed by atoms with Crippen LogP contribution in [0, 0.1) is 0 Å². The van der Waals surface area contributed by atoms with E-state index in [2.05, 4.69) is 11.4 Å². The van der Waals surface area contributed by atoms with E-state index in [-0.39, 0.29) is 5.91 Å². The maximum absolute atomic E-state index is 12.3. The molecule has 6 nitrogen and oxygen atoms in total. The van der Waals surface area contributed by atoms with E-state index in [1.165, 1.54) is 25.5 Å².